The van der Waals surface area contributed by atoms with Crippen molar-refractivity contribution in [2.75, 3.05) is 11.9 Å². The molecule has 1 fully saturated rings. The molecule has 0 aromatic carbocycles. The van der Waals surface area contributed by atoms with E-state index < -0.39 is 0 Å². The predicted octanol–water partition coefficient (Wildman–Crippen LogP) is 3.34. The molecular formula is C15H23N3S. The Hall–Kier alpha value is -1.16. The van der Waals surface area contributed by atoms with Crippen molar-refractivity contribution in [1.82, 2.24) is 4.98 Å². The second kappa shape index (κ2) is 6.85. The van der Waals surface area contributed by atoms with Crippen LogP contribution in [0.3, 0.4) is 0 Å². The van der Waals surface area contributed by atoms with Crippen LogP contribution in [0.1, 0.15) is 44.6 Å². The molecule has 1 aromatic rings. The van der Waals surface area contributed by atoms with Crippen molar-refractivity contribution in [1.29, 1.82) is 0 Å². The number of hydrogen-bond donors (Lipinski definition) is 2. The summed E-state index contributed by atoms with van der Waals surface area (Å²) in [5, 5.41) is 3.42. The highest BCUT2D eigenvalue weighted by Gasteiger charge is 2.17. The Labute approximate surface area is 121 Å². The molecule has 0 bridgehead atoms. The van der Waals surface area contributed by atoms with Crippen LogP contribution in [0, 0.1) is 11.8 Å². The standard InChI is InChI=1S/C15H23N3S/c1-11-2-4-12(5-3-11)6-9-18-14-10-17-8-7-13(14)15(16)19/h7-8,10-12,18H,2-6,9H2,1H3,(H2,16,19). The van der Waals surface area contributed by atoms with Crippen molar-refractivity contribution < 1.29 is 0 Å². The van der Waals surface area contributed by atoms with E-state index in [1.165, 1.54) is 32.1 Å². The van der Waals surface area contributed by atoms with E-state index in [0.29, 0.717) is 4.99 Å². The molecule has 4 heteroatoms. The van der Waals surface area contributed by atoms with Gasteiger partial charge in [0.1, 0.15) is 4.99 Å². The lowest BCUT2D eigenvalue weighted by molar-refractivity contribution is 0.282. The van der Waals surface area contributed by atoms with Crippen LogP contribution in [0.5, 0.6) is 0 Å². The third-order valence-electron chi connectivity index (χ3n) is 4.09. The number of nitrogens with one attached hydrogen (secondary N) is 1. The Kier molecular flexibility index (Phi) is 5.14. The van der Waals surface area contributed by atoms with Crippen LogP contribution >= 0.6 is 12.2 Å². The van der Waals surface area contributed by atoms with Crippen LogP contribution in [0.15, 0.2) is 18.5 Å². The maximum atomic E-state index is 5.71. The SMILES string of the molecule is CC1CCC(CCNc2cnccc2C(N)=S)CC1. The molecule has 1 aliphatic rings. The van der Waals surface area contributed by atoms with Crippen LogP contribution in [-0.4, -0.2) is 16.5 Å². The third-order valence-corrected chi connectivity index (χ3v) is 4.31. The van der Waals surface area contributed by atoms with Crippen LogP contribution < -0.4 is 11.1 Å². The first-order chi connectivity index (χ1) is 9.16. The molecule has 0 amide bonds. The van der Waals surface area contributed by atoms with E-state index in [4.69, 9.17) is 18.0 Å². The lowest BCUT2D eigenvalue weighted by atomic mass is 9.81. The summed E-state index contributed by atoms with van der Waals surface area (Å²) >= 11 is 5.05. The van der Waals surface area contributed by atoms with Gasteiger partial charge in [-0.05, 0) is 24.3 Å². The van der Waals surface area contributed by atoms with E-state index in [1.54, 1.807) is 12.4 Å². The lowest BCUT2D eigenvalue weighted by Crippen LogP contribution is -2.17. The summed E-state index contributed by atoms with van der Waals surface area (Å²) in [6, 6.07) is 1.87. The molecule has 104 valence electrons. The number of anilines is 1. The number of nitrogens with two attached hydrogens (primary N) is 1. The molecule has 0 radical (unpaired) electrons. The fraction of sp³-hybridized carbons (Fsp3) is 0.600. The van der Waals surface area contributed by atoms with Gasteiger partial charge in [-0.1, -0.05) is 44.8 Å². The lowest BCUT2D eigenvalue weighted by Gasteiger charge is -2.26. The first-order valence-electron chi connectivity index (χ1n) is 7.14. The van der Waals surface area contributed by atoms with E-state index >= 15 is 0 Å². The van der Waals surface area contributed by atoms with Crippen LogP contribution in [0.2, 0.25) is 0 Å². The number of nitrogens with zero attached hydrogens (tertiary/aromatic N) is 1. The van der Waals surface area contributed by atoms with Crippen molar-refractivity contribution in [2.24, 2.45) is 17.6 Å². The molecule has 1 aliphatic carbocycles. The summed E-state index contributed by atoms with van der Waals surface area (Å²) in [5.41, 5.74) is 7.56. The average molecular weight is 277 g/mol. The van der Waals surface area contributed by atoms with Crippen LogP contribution in [0.25, 0.3) is 0 Å². The van der Waals surface area contributed by atoms with Gasteiger partial charge < -0.3 is 11.1 Å². The van der Waals surface area contributed by atoms with Gasteiger partial charge in [-0.15, -0.1) is 0 Å². The second-order valence-corrected chi connectivity index (χ2v) is 6.07. The zero-order valence-corrected chi connectivity index (χ0v) is 12.4. The van der Waals surface area contributed by atoms with Gasteiger partial charge in [0.2, 0.25) is 0 Å². The summed E-state index contributed by atoms with van der Waals surface area (Å²) in [7, 11) is 0. The molecule has 0 saturated heterocycles. The summed E-state index contributed by atoms with van der Waals surface area (Å²) in [4.78, 5) is 4.55. The van der Waals surface area contributed by atoms with Crippen LogP contribution in [-0.2, 0) is 0 Å². The summed E-state index contributed by atoms with van der Waals surface area (Å²) < 4.78 is 0. The molecule has 0 aliphatic heterocycles. The molecule has 0 spiro atoms. The molecule has 1 saturated carbocycles. The molecule has 19 heavy (non-hydrogen) atoms. The van der Waals surface area contributed by atoms with Crippen molar-refractivity contribution >= 4 is 22.9 Å². The highest BCUT2D eigenvalue weighted by atomic mass is 32.1. The Balaban J connectivity index is 1.81. The first-order valence-corrected chi connectivity index (χ1v) is 7.55. The molecule has 0 unspecified atom stereocenters. The zero-order chi connectivity index (χ0) is 13.7. The predicted molar refractivity (Wildman–Crippen MR) is 84.4 cm³/mol. The van der Waals surface area contributed by atoms with Gasteiger partial charge in [-0.25, -0.2) is 0 Å². The highest BCUT2D eigenvalue weighted by Crippen LogP contribution is 2.30. The van der Waals surface area contributed by atoms with Crippen molar-refractivity contribution in [2.45, 2.75) is 39.0 Å². The maximum absolute atomic E-state index is 5.71. The summed E-state index contributed by atoms with van der Waals surface area (Å²) in [6.45, 7) is 3.33. The smallest absolute Gasteiger partial charge is 0.106 e. The number of rotatable bonds is 5. The molecule has 2 rings (SSSR count). The van der Waals surface area contributed by atoms with Crippen molar-refractivity contribution in [3.05, 3.63) is 24.0 Å². The number of hydrogen-bond acceptors (Lipinski definition) is 3. The normalized spacial score (nSPS) is 23.0. The van der Waals surface area contributed by atoms with Gasteiger partial charge in [-0.3, -0.25) is 4.98 Å². The van der Waals surface area contributed by atoms with Crippen molar-refractivity contribution in [3.8, 4) is 0 Å². The van der Waals surface area contributed by atoms with E-state index in [-0.39, 0.29) is 0 Å². The molecule has 0 atom stereocenters. The van der Waals surface area contributed by atoms with Crippen molar-refractivity contribution in [3.63, 3.8) is 0 Å². The third kappa shape index (κ3) is 4.16. The zero-order valence-electron chi connectivity index (χ0n) is 11.6. The first kappa shape index (κ1) is 14.3. The maximum Gasteiger partial charge on any atom is 0.106 e. The fourth-order valence-corrected chi connectivity index (χ4v) is 2.96. The summed E-state index contributed by atoms with van der Waals surface area (Å²) in [5.74, 6) is 1.79. The van der Waals surface area contributed by atoms with Gasteiger partial charge in [-0.2, -0.15) is 0 Å². The summed E-state index contributed by atoms with van der Waals surface area (Å²) in [6.07, 6.45) is 10.3. The second-order valence-electron chi connectivity index (χ2n) is 5.63. The monoisotopic (exact) mass is 277 g/mol. The number of thiocarbonyl (C=S) groups is 1. The van der Waals surface area contributed by atoms with Gasteiger partial charge in [0.25, 0.3) is 0 Å². The molecule has 1 heterocycles. The number of pyridine rings is 1. The molecule has 3 N–H and O–H groups in total. The molecular weight excluding hydrogens is 254 g/mol. The topological polar surface area (TPSA) is 50.9 Å². The van der Waals surface area contributed by atoms with Gasteiger partial charge >= 0.3 is 0 Å². The Morgan fingerprint density at radius 3 is 2.84 bits per heavy atom. The Bertz CT molecular complexity index is 425. The quantitative estimate of drug-likeness (QED) is 0.810. The molecule has 1 aromatic heterocycles. The van der Waals surface area contributed by atoms with E-state index in [2.05, 4.69) is 17.2 Å². The number of aromatic nitrogens is 1. The van der Waals surface area contributed by atoms with E-state index in [9.17, 15) is 0 Å². The van der Waals surface area contributed by atoms with Crippen LogP contribution in [0.4, 0.5) is 5.69 Å². The highest BCUT2D eigenvalue weighted by molar-refractivity contribution is 7.80. The molecule has 3 nitrogen and oxygen atoms in total. The minimum Gasteiger partial charge on any atom is -0.389 e. The largest absolute Gasteiger partial charge is 0.389 e. The minimum atomic E-state index is 0.427. The Morgan fingerprint density at radius 1 is 1.42 bits per heavy atom. The Morgan fingerprint density at radius 2 is 2.16 bits per heavy atom. The van der Waals surface area contributed by atoms with E-state index in [1.807, 2.05) is 6.07 Å². The van der Waals surface area contributed by atoms with Gasteiger partial charge in [0, 0.05) is 18.3 Å². The van der Waals surface area contributed by atoms with Gasteiger partial charge in [0.05, 0.1) is 11.9 Å². The van der Waals surface area contributed by atoms with E-state index in [0.717, 1.165) is 29.6 Å². The fourth-order valence-electron chi connectivity index (χ4n) is 2.78. The van der Waals surface area contributed by atoms with Gasteiger partial charge in [0.15, 0.2) is 0 Å². The average Bonchev–Trinajstić information content (AvgIpc) is 2.41. The minimum absolute atomic E-state index is 0.427.